The lowest BCUT2D eigenvalue weighted by Gasteiger charge is -2.19. The highest BCUT2D eigenvalue weighted by Crippen LogP contribution is 2.24. The Bertz CT molecular complexity index is 1050. The van der Waals surface area contributed by atoms with Crippen LogP contribution in [0.3, 0.4) is 0 Å². The molecule has 0 saturated carbocycles. The quantitative estimate of drug-likeness (QED) is 0.665. The maximum Gasteiger partial charge on any atom is 0.261 e. The first-order valence-corrected chi connectivity index (χ1v) is 9.99. The van der Waals surface area contributed by atoms with Gasteiger partial charge in [-0.2, -0.15) is 15.2 Å². The van der Waals surface area contributed by atoms with Crippen molar-refractivity contribution in [3.8, 4) is 5.69 Å². The zero-order chi connectivity index (χ0) is 20.5. The molecule has 3 heterocycles. The fourth-order valence-corrected chi connectivity index (χ4v) is 3.76. The summed E-state index contributed by atoms with van der Waals surface area (Å²) in [5.41, 5.74) is 4.55. The highest BCUT2D eigenvalue weighted by Gasteiger charge is 2.23. The molecule has 1 aliphatic heterocycles. The minimum Gasteiger partial charge on any atom is -0.317 e. The first-order valence-electron chi connectivity index (χ1n) is 9.99. The van der Waals surface area contributed by atoms with Crippen molar-refractivity contribution in [1.29, 1.82) is 0 Å². The van der Waals surface area contributed by atoms with Gasteiger partial charge in [-0.05, 0) is 63.9 Å². The SMILES string of the molecule is Cc1ccc(C)c(-n2ncc(C(=O)Nc3nc(C4CCNCC4)nn3C)c2C)c1.Cl. The van der Waals surface area contributed by atoms with E-state index in [1.807, 2.05) is 25.5 Å². The molecule has 1 aliphatic rings. The zero-order valence-electron chi connectivity index (χ0n) is 17.8. The van der Waals surface area contributed by atoms with Crippen LogP contribution < -0.4 is 10.6 Å². The number of nitrogens with one attached hydrogen (secondary N) is 2. The molecule has 8 nitrogen and oxygen atoms in total. The summed E-state index contributed by atoms with van der Waals surface area (Å²) in [4.78, 5) is 17.5. The van der Waals surface area contributed by atoms with Gasteiger partial charge in [-0.1, -0.05) is 12.1 Å². The second kappa shape index (κ2) is 8.97. The maximum absolute atomic E-state index is 12.9. The molecule has 160 valence electrons. The Morgan fingerprint density at radius 2 is 1.93 bits per heavy atom. The minimum atomic E-state index is -0.230. The summed E-state index contributed by atoms with van der Waals surface area (Å²) in [6.07, 6.45) is 3.63. The number of carbonyl (C=O) groups is 1. The van der Waals surface area contributed by atoms with E-state index >= 15 is 0 Å². The van der Waals surface area contributed by atoms with Crippen molar-refractivity contribution < 1.29 is 4.79 Å². The standard InChI is InChI=1S/C21H27N7O.ClH/c1-13-5-6-14(2)18(11-13)28-15(3)17(12-23-28)20(29)25-21-24-19(26-27(21)4)16-7-9-22-10-8-16;/h5-6,11-12,16,22H,7-10H2,1-4H3,(H,24,25,26,29);1H. The van der Waals surface area contributed by atoms with Gasteiger partial charge in [-0.25, -0.2) is 9.36 Å². The van der Waals surface area contributed by atoms with Crippen LogP contribution in [-0.2, 0) is 7.05 Å². The number of anilines is 1. The van der Waals surface area contributed by atoms with Crippen molar-refractivity contribution >= 4 is 24.3 Å². The van der Waals surface area contributed by atoms with Gasteiger partial charge in [0, 0.05) is 13.0 Å². The van der Waals surface area contributed by atoms with E-state index in [0.29, 0.717) is 17.4 Å². The average Bonchev–Trinajstić information content (AvgIpc) is 3.27. The lowest BCUT2D eigenvalue weighted by Crippen LogP contribution is -2.27. The molecule has 2 aromatic heterocycles. The number of aryl methyl sites for hydroxylation is 3. The first-order chi connectivity index (χ1) is 13.9. The van der Waals surface area contributed by atoms with Crippen LogP contribution in [-0.4, -0.2) is 43.5 Å². The predicted octanol–water partition coefficient (Wildman–Crippen LogP) is 3.07. The number of benzene rings is 1. The van der Waals surface area contributed by atoms with Crippen molar-refractivity contribution in [2.75, 3.05) is 18.4 Å². The topological polar surface area (TPSA) is 89.7 Å². The molecular weight excluding hydrogens is 402 g/mol. The maximum atomic E-state index is 12.9. The van der Waals surface area contributed by atoms with Crippen molar-refractivity contribution in [1.82, 2.24) is 29.9 Å². The van der Waals surface area contributed by atoms with Gasteiger partial charge in [0.15, 0.2) is 5.82 Å². The van der Waals surface area contributed by atoms with Crippen LogP contribution in [0.4, 0.5) is 5.95 Å². The van der Waals surface area contributed by atoms with Crippen LogP contribution in [0.5, 0.6) is 0 Å². The van der Waals surface area contributed by atoms with Crippen LogP contribution in [0.25, 0.3) is 5.69 Å². The molecule has 9 heteroatoms. The van der Waals surface area contributed by atoms with Gasteiger partial charge in [-0.15, -0.1) is 12.4 Å². The van der Waals surface area contributed by atoms with Crippen molar-refractivity contribution in [3.63, 3.8) is 0 Å². The van der Waals surface area contributed by atoms with Crippen LogP contribution in [0.15, 0.2) is 24.4 Å². The van der Waals surface area contributed by atoms with Crippen LogP contribution >= 0.6 is 12.4 Å². The van der Waals surface area contributed by atoms with E-state index < -0.39 is 0 Å². The number of piperidine rings is 1. The second-order valence-corrected chi connectivity index (χ2v) is 7.74. The average molecular weight is 430 g/mol. The molecule has 0 radical (unpaired) electrons. The van der Waals surface area contributed by atoms with Gasteiger partial charge < -0.3 is 5.32 Å². The Morgan fingerprint density at radius 1 is 1.20 bits per heavy atom. The Labute approximate surface area is 182 Å². The molecule has 4 rings (SSSR count). The van der Waals surface area contributed by atoms with Crippen LogP contribution in [0.1, 0.15) is 51.8 Å². The Kier molecular flexibility index (Phi) is 6.58. The molecule has 1 saturated heterocycles. The van der Waals surface area contributed by atoms with E-state index in [1.165, 1.54) is 0 Å². The number of carbonyl (C=O) groups excluding carboxylic acids is 1. The molecule has 3 aromatic rings. The smallest absolute Gasteiger partial charge is 0.261 e. The summed E-state index contributed by atoms with van der Waals surface area (Å²) in [6.45, 7) is 7.94. The number of aromatic nitrogens is 5. The Morgan fingerprint density at radius 3 is 2.67 bits per heavy atom. The molecule has 2 N–H and O–H groups in total. The van der Waals surface area contributed by atoms with Crippen LogP contribution in [0, 0.1) is 20.8 Å². The zero-order valence-corrected chi connectivity index (χ0v) is 18.6. The number of amides is 1. The summed E-state index contributed by atoms with van der Waals surface area (Å²) in [5, 5.41) is 15.2. The highest BCUT2D eigenvalue weighted by atomic mass is 35.5. The second-order valence-electron chi connectivity index (χ2n) is 7.74. The molecule has 0 unspecified atom stereocenters. The molecule has 30 heavy (non-hydrogen) atoms. The molecule has 0 aliphatic carbocycles. The lowest BCUT2D eigenvalue weighted by molar-refractivity contribution is 0.102. The first kappa shape index (κ1) is 22.0. The number of hydrogen-bond acceptors (Lipinski definition) is 5. The number of nitrogens with zero attached hydrogens (tertiary/aromatic N) is 5. The molecule has 0 bridgehead atoms. The fourth-order valence-electron chi connectivity index (χ4n) is 3.76. The molecule has 0 spiro atoms. The molecule has 1 amide bonds. The third-order valence-corrected chi connectivity index (χ3v) is 5.56. The van der Waals surface area contributed by atoms with Crippen molar-refractivity contribution in [3.05, 3.63) is 52.6 Å². The van der Waals surface area contributed by atoms with Crippen molar-refractivity contribution in [2.24, 2.45) is 7.05 Å². The molecule has 1 fully saturated rings. The molecular formula is C21H28ClN7O. The summed E-state index contributed by atoms with van der Waals surface area (Å²) in [7, 11) is 1.81. The van der Waals surface area contributed by atoms with E-state index in [2.05, 4.69) is 44.0 Å². The summed E-state index contributed by atoms with van der Waals surface area (Å²) in [5.74, 6) is 1.36. The highest BCUT2D eigenvalue weighted by molar-refractivity contribution is 6.04. The van der Waals surface area contributed by atoms with E-state index in [0.717, 1.165) is 54.3 Å². The third kappa shape index (κ3) is 4.24. The monoisotopic (exact) mass is 429 g/mol. The Hall–Kier alpha value is -2.71. The molecule has 1 aromatic carbocycles. The number of rotatable bonds is 4. The number of hydrogen-bond donors (Lipinski definition) is 2. The third-order valence-electron chi connectivity index (χ3n) is 5.56. The van der Waals surface area contributed by atoms with Gasteiger partial charge in [0.2, 0.25) is 5.95 Å². The van der Waals surface area contributed by atoms with E-state index in [9.17, 15) is 4.79 Å². The van der Waals surface area contributed by atoms with E-state index in [-0.39, 0.29) is 18.3 Å². The lowest BCUT2D eigenvalue weighted by atomic mass is 9.98. The summed E-state index contributed by atoms with van der Waals surface area (Å²) in [6, 6.07) is 6.21. The largest absolute Gasteiger partial charge is 0.317 e. The predicted molar refractivity (Wildman–Crippen MR) is 119 cm³/mol. The minimum absolute atomic E-state index is 0. The normalized spacial score (nSPS) is 14.4. The summed E-state index contributed by atoms with van der Waals surface area (Å²) < 4.78 is 3.45. The fraction of sp³-hybridized carbons (Fsp3) is 0.429. The van der Waals surface area contributed by atoms with Gasteiger partial charge >= 0.3 is 0 Å². The van der Waals surface area contributed by atoms with Crippen molar-refractivity contribution in [2.45, 2.75) is 39.5 Å². The molecule has 0 atom stereocenters. The van der Waals surface area contributed by atoms with Gasteiger partial charge in [0.05, 0.1) is 23.1 Å². The van der Waals surface area contributed by atoms with Gasteiger partial charge in [0.1, 0.15) is 0 Å². The van der Waals surface area contributed by atoms with E-state index in [4.69, 9.17) is 0 Å². The van der Waals surface area contributed by atoms with E-state index in [1.54, 1.807) is 17.9 Å². The summed E-state index contributed by atoms with van der Waals surface area (Å²) >= 11 is 0. The van der Waals surface area contributed by atoms with Crippen LogP contribution in [0.2, 0.25) is 0 Å². The Balaban J connectivity index is 0.00000256. The number of halogens is 1. The van der Waals surface area contributed by atoms with Gasteiger partial charge in [0.25, 0.3) is 5.91 Å². The van der Waals surface area contributed by atoms with Gasteiger partial charge in [-0.3, -0.25) is 10.1 Å².